The molecule has 2 aromatic carbocycles. The molecule has 2 atom stereocenters. The van der Waals surface area contributed by atoms with Crippen LogP contribution in [-0.4, -0.2) is 32.2 Å². The molecule has 0 aliphatic heterocycles. The van der Waals surface area contributed by atoms with Gasteiger partial charge in [0.2, 0.25) is 11.8 Å². The number of hydrogen-bond donors (Lipinski definition) is 2. The SMILES string of the molecule is N#Cc1ccccc1CC(=O)Nc1ccc([C@H]2CCC[C@H](c3ccc(NC(=O)Cc4ccccc4C#N)nn3)C2)nn1. The van der Waals surface area contributed by atoms with Crippen LogP contribution in [0.3, 0.4) is 0 Å². The summed E-state index contributed by atoms with van der Waals surface area (Å²) in [7, 11) is 0. The summed E-state index contributed by atoms with van der Waals surface area (Å²) in [6.45, 7) is 0. The highest BCUT2D eigenvalue weighted by Gasteiger charge is 2.27. The fourth-order valence-electron chi connectivity index (χ4n) is 5.27. The molecule has 0 bridgehead atoms. The van der Waals surface area contributed by atoms with Crippen molar-refractivity contribution in [3.63, 3.8) is 0 Å². The number of carbonyl (C=O) groups excluding carboxylic acids is 2. The van der Waals surface area contributed by atoms with Crippen LogP contribution in [0.4, 0.5) is 11.6 Å². The highest BCUT2D eigenvalue weighted by Crippen LogP contribution is 2.40. The summed E-state index contributed by atoms with van der Waals surface area (Å²) in [5.74, 6) is 0.607. The van der Waals surface area contributed by atoms with Crippen molar-refractivity contribution in [3.8, 4) is 12.1 Å². The maximum Gasteiger partial charge on any atom is 0.230 e. The standard InChI is InChI=1S/C32H28N8O2/c33-19-25-8-3-1-6-21(25)17-31(41)35-29-14-12-27(37-39-29)23-10-5-11-24(16-23)28-13-15-30(40-38-28)36-32(42)18-22-7-2-4-9-26(22)20-34/h1-4,6-9,12-15,23-24H,5,10-11,16-18H2,(H,35,39,41)(H,36,40,42)/t23-,24-/m0/s1. The van der Waals surface area contributed by atoms with Crippen LogP contribution in [0.5, 0.6) is 0 Å². The van der Waals surface area contributed by atoms with E-state index in [1.807, 2.05) is 12.1 Å². The quantitative estimate of drug-likeness (QED) is 0.313. The third kappa shape index (κ3) is 6.98. The van der Waals surface area contributed by atoms with Gasteiger partial charge in [0.1, 0.15) is 0 Å². The lowest BCUT2D eigenvalue weighted by Gasteiger charge is -2.28. The lowest BCUT2D eigenvalue weighted by molar-refractivity contribution is -0.116. The van der Waals surface area contributed by atoms with E-state index >= 15 is 0 Å². The molecule has 2 heterocycles. The molecule has 10 nitrogen and oxygen atoms in total. The second-order valence-electron chi connectivity index (χ2n) is 10.2. The summed E-state index contributed by atoms with van der Waals surface area (Å²) >= 11 is 0. The number of hydrogen-bond acceptors (Lipinski definition) is 8. The van der Waals surface area contributed by atoms with Gasteiger partial charge in [-0.05, 0) is 66.8 Å². The topological polar surface area (TPSA) is 157 Å². The van der Waals surface area contributed by atoms with Crippen molar-refractivity contribution in [3.05, 3.63) is 106 Å². The monoisotopic (exact) mass is 556 g/mol. The molecule has 2 N–H and O–H groups in total. The Morgan fingerprint density at radius 1 is 0.667 bits per heavy atom. The van der Waals surface area contributed by atoms with Crippen LogP contribution in [0, 0.1) is 22.7 Å². The second-order valence-corrected chi connectivity index (χ2v) is 10.2. The van der Waals surface area contributed by atoms with Gasteiger partial charge in [-0.2, -0.15) is 20.7 Å². The molecule has 208 valence electrons. The number of benzene rings is 2. The molecule has 2 aromatic heterocycles. The van der Waals surface area contributed by atoms with Gasteiger partial charge >= 0.3 is 0 Å². The maximum absolute atomic E-state index is 12.5. The van der Waals surface area contributed by atoms with Crippen LogP contribution >= 0.6 is 0 Å². The smallest absolute Gasteiger partial charge is 0.230 e. The Morgan fingerprint density at radius 2 is 1.12 bits per heavy atom. The summed E-state index contributed by atoms with van der Waals surface area (Å²) in [4.78, 5) is 25.0. The normalized spacial score (nSPS) is 16.0. The van der Waals surface area contributed by atoms with Gasteiger partial charge in [0.25, 0.3) is 0 Å². The molecule has 1 aliphatic rings. The Morgan fingerprint density at radius 3 is 1.52 bits per heavy atom. The molecule has 0 saturated heterocycles. The highest BCUT2D eigenvalue weighted by molar-refractivity contribution is 5.92. The summed E-state index contributed by atoms with van der Waals surface area (Å²) in [6, 6.07) is 25.5. The molecule has 0 spiro atoms. The average molecular weight is 557 g/mol. The number of rotatable bonds is 8. The van der Waals surface area contributed by atoms with E-state index in [4.69, 9.17) is 0 Å². The molecule has 1 saturated carbocycles. The predicted octanol–water partition coefficient (Wildman–Crippen LogP) is 4.81. The molecule has 10 heteroatoms. The van der Waals surface area contributed by atoms with Gasteiger partial charge in [-0.1, -0.05) is 42.8 Å². The number of amides is 2. The Balaban J connectivity index is 1.15. The highest BCUT2D eigenvalue weighted by atomic mass is 16.2. The largest absolute Gasteiger partial charge is 0.309 e. The average Bonchev–Trinajstić information content (AvgIpc) is 3.02. The van der Waals surface area contributed by atoms with Gasteiger partial charge in [-0.3, -0.25) is 9.59 Å². The fourth-order valence-corrected chi connectivity index (χ4v) is 5.27. The van der Waals surface area contributed by atoms with E-state index in [0.29, 0.717) is 33.9 Å². The Bertz CT molecular complexity index is 1530. The zero-order valence-electron chi connectivity index (χ0n) is 22.8. The maximum atomic E-state index is 12.5. The van der Waals surface area contributed by atoms with Gasteiger partial charge in [0, 0.05) is 11.8 Å². The van der Waals surface area contributed by atoms with E-state index in [9.17, 15) is 20.1 Å². The van der Waals surface area contributed by atoms with Crippen molar-refractivity contribution in [2.24, 2.45) is 0 Å². The van der Waals surface area contributed by atoms with Crippen LogP contribution < -0.4 is 10.6 Å². The third-order valence-corrected chi connectivity index (χ3v) is 7.39. The molecular formula is C32H28N8O2. The molecule has 42 heavy (non-hydrogen) atoms. The first-order valence-corrected chi connectivity index (χ1v) is 13.8. The van der Waals surface area contributed by atoms with Crippen molar-refractivity contribution in [1.29, 1.82) is 10.5 Å². The van der Waals surface area contributed by atoms with Gasteiger partial charge < -0.3 is 10.6 Å². The van der Waals surface area contributed by atoms with Gasteiger partial charge in [0.05, 0.1) is 47.5 Å². The number of carbonyl (C=O) groups is 2. The lowest BCUT2D eigenvalue weighted by Crippen LogP contribution is -2.19. The zero-order chi connectivity index (χ0) is 29.3. The summed E-state index contributed by atoms with van der Waals surface area (Å²) < 4.78 is 0. The van der Waals surface area contributed by atoms with E-state index in [1.54, 1.807) is 60.7 Å². The first kappa shape index (κ1) is 28.1. The predicted molar refractivity (Wildman–Crippen MR) is 155 cm³/mol. The van der Waals surface area contributed by atoms with Crippen LogP contribution in [0.15, 0.2) is 72.8 Å². The minimum atomic E-state index is -0.261. The Labute approximate surface area is 243 Å². The Hall–Kier alpha value is -5.48. The van der Waals surface area contributed by atoms with Crippen LogP contribution in [0.2, 0.25) is 0 Å². The number of anilines is 2. The number of nitrogens with zero attached hydrogens (tertiary/aromatic N) is 6. The molecule has 1 aliphatic carbocycles. The summed E-state index contributed by atoms with van der Waals surface area (Å²) in [5.41, 5.74) is 4.00. The van der Waals surface area contributed by atoms with Crippen LogP contribution in [0.25, 0.3) is 0 Å². The molecular weight excluding hydrogens is 528 g/mol. The van der Waals surface area contributed by atoms with E-state index in [-0.39, 0.29) is 36.5 Å². The fraction of sp³-hybridized carbons (Fsp3) is 0.250. The van der Waals surface area contributed by atoms with Crippen molar-refractivity contribution in [2.75, 3.05) is 10.6 Å². The first-order valence-electron chi connectivity index (χ1n) is 13.8. The zero-order valence-corrected chi connectivity index (χ0v) is 22.8. The van der Waals surface area contributed by atoms with Crippen molar-refractivity contribution >= 4 is 23.5 Å². The van der Waals surface area contributed by atoms with Crippen molar-refractivity contribution in [1.82, 2.24) is 20.4 Å². The molecule has 0 radical (unpaired) electrons. The van der Waals surface area contributed by atoms with Crippen LogP contribution in [0.1, 0.15) is 71.2 Å². The van der Waals surface area contributed by atoms with Gasteiger partial charge in [0.15, 0.2) is 11.6 Å². The van der Waals surface area contributed by atoms with Crippen molar-refractivity contribution in [2.45, 2.75) is 50.4 Å². The van der Waals surface area contributed by atoms with E-state index in [0.717, 1.165) is 37.1 Å². The van der Waals surface area contributed by atoms with Gasteiger partial charge in [-0.25, -0.2) is 0 Å². The van der Waals surface area contributed by atoms with Gasteiger partial charge in [-0.15, -0.1) is 10.2 Å². The lowest BCUT2D eigenvalue weighted by atomic mass is 9.78. The number of aromatic nitrogens is 4. The molecule has 1 fully saturated rings. The summed E-state index contributed by atoms with van der Waals surface area (Å²) in [6.07, 6.45) is 3.97. The first-order chi connectivity index (χ1) is 20.5. The molecule has 5 rings (SSSR count). The molecule has 0 unspecified atom stereocenters. The van der Waals surface area contributed by atoms with Crippen molar-refractivity contribution < 1.29 is 9.59 Å². The number of nitrogens with one attached hydrogen (secondary N) is 2. The van der Waals surface area contributed by atoms with E-state index < -0.39 is 0 Å². The third-order valence-electron chi connectivity index (χ3n) is 7.39. The molecule has 2 amide bonds. The van der Waals surface area contributed by atoms with Crippen LogP contribution in [-0.2, 0) is 22.4 Å². The van der Waals surface area contributed by atoms with E-state index in [2.05, 4.69) is 43.2 Å². The molecule has 4 aromatic rings. The number of nitriles is 2. The summed E-state index contributed by atoms with van der Waals surface area (Å²) in [5, 5.41) is 41.2. The van der Waals surface area contributed by atoms with E-state index in [1.165, 1.54) is 0 Å². The second kappa shape index (κ2) is 13.2. The minimum absolute atomic E-state index is 0.0795. The Kier molecular flexibility index (Phi) is 8.85. The minimum Gasteiger partial charge on any atom is -0.309 e.